The van der Waals surface area contributed by atoms with E-state index in [1.807, 2.05) is 20.8 Å². The molecule has 18 heavy (non-hydrogen) atoms. The monoisotopic (exact) mass is 316 g/mol. The Morgan fingerprint density at radius 1 is 1.50 bits per heavy atom. The van der Waals surface area contributed by atoms with E-state index in [-0.39, 0.29) is 17.0 Å². The number of aromatic amines is 1. The zero-order chi connectivity index (χ0) is 13.8. The van der Waals surface area contributed by atoms with E-state index in [1.54, 1.807) is 0 Å². The Hall–Kier alpha value is -1.37. The summed E-state index contributed by atoms with van der Waals surface area (Å²) in [6.45, 7) is 6.19. The van der Waals surface area contributed by atoms with Gasteiger partial charge in [-0.15, -0.1) is 0 Å². The molecule has 0 fully saturated rings. The normalized spacial score (nSPS) is 11.1. The second-order valence-electron chi connectivity index (χ2n) is 4.87. The van der Waals surface area contributed by atoms with Gasteiger partial charge in [-0.1, -0.05) is 0 Å². The van der Waals surface area contributed by atoms with Crippen LogP contribution in [0.25, 0.3) is 0 Å². The molecule has 1 heterocycles. The molecule has 0 aliphatic heterocycles. The van der Waals surface area contributed by atoms with E-state index in [0.717, 1.165) is 0 Å². The van der Waals surface area contributed by atoms with Crippen molar-refractivity contribution in [3.63, 3.8) is 0 Å². The summed E-state index contributed by atoms with van der Waals surface area (Å²) >= 11 is 3.13. The summed E-state index contributed by atoms with van der Waals surface area (Å²) in [5.74, 6) is 0.387. The molecule has 0 unspecified atom stereocenters. The number of amides is 1. The third kappa shape index (κ3) is 4.87. The molecule has 0 atom stereocenters. The van der Waals surface area contributed by atoms with Crippen LogP contribution in [0.5, 0.6) is 0 Å². The largest absolute Gasteiger partial charge is 0.368 e. The molecule has 0 aliphatic carbocycles. The Bertz CT molecular complexity index is 479. The number of hydrogen-bond acceptors (Lipinski definition) is 4. The Kier molecular flexibility index (Phi) is 4.89. The predicted molar refractivity (Wildman–Crippen MR) is 73.6 cm³/mol. The first-order chi connectivity index (χ1) is 8.29. The fraction of sp³-hybridized carbons (Fsp3) is 0.545. The van der Waals surface area contributed by atoms with Crippen molar-refractivity contribution in [1.82, 2.24) is 15.3 Å². The van der Waals surface area contributed by atoms with Gasteiger partial charge >= 0.3 is 0 Å². The van der Waals surface area contributed by atoms with Crippen LogP contribution in [0, 0.1) is 0 Å². The molecule has 0 radical (unpaired) electrons. The zero-order valence-corrected chi connectivity index (χ0v) is 12.2. The van der Waals surface area contributed by atoms with Crippen molar-refractivity contribution >= 4 is 27.7 Å². The van der Waals surface area contributed by atoms with Crippen LogP contribution in [0.4, 0.5) is 5.82 Å². The van der Waals surface area contributed by atoms with Gasteiger partial charge in [-0.3, -0.25) is 9.59 Å². The number of aromatic nitrogens is 2. The van der Waals surface area contributed by atoms with Crippen molar-refractivity contribution in [3.05, 3.63) is 21.2 Å². The lowest BCUT2D eigenvalue weighted by atomic mass is 10.1. The van der Waals surface area contributed by atoms with E-state index in [9.17, 15) is 9.59 Å². The molecule has 0 bridgehead atoms. The van der Waals surface area contributed by atoms with E-state index in [1.165, 1.54) is 6.33 Å². The second kappa shape index (κ2) is 5.99. The van der Waals surface area contributed by atoms with Gasteiger partial charge in [0.05, 0.1) is 6.33 Å². The molecule has 0 spiro atoms. The lowest BCUT2D eigenvalue weighted by molar-refractivity contribution is -0.122. The van der Waals surface area contributed by atoms with Gasteiger partial charge in [-0.05, 0) is 36.7 Å². The maximum absolute atomic E-state index is 11.5. The average Bonchev–Trinajstić information content (AvgIpc) is 2.21. The number of nitrogens with zero attached hydrogens (tertiary/aromatic N) is 1. The number of carbonyl (C=O) groups is 1. The average molecular weight is 317 g/mol. The Morgan fingerprint density at radius 2 is 2.17 bits per heavy atom. The van der Waals surface area contributed by atoms with Crippen molar-refractivity contribution in [2.24, 2.45) is 0 Å². The first kappa shape index (κ1) is 14.7. The highest BCUT2D eigenvalue weighted by Crippen LogP contribution is 2.12. The minimum atomic E-state index is -0.258. The highest BCUT2D eigenvalue weighted by Gasteiger charge is 2.13. The molecular weight excluding hydrogens is 300 g/mol. The fourth-order valence-corrected chi connectivity index (χ4v) is 1.64. The third-order valence-electron chi connectivity index (χ3n) is 1.96. The third-order valence-corrected chi connectivity index (χ3v) is 2.69. The van der Waals surface area contributed by atoms with Crippen LogP contribution in [-0.2, 0) is 4.79 Å². The minimum Gasteiger partial charge on any atom is -0.368 e. The maximum atomic E-state index is 11.5. The maximum Gasteiger partial charge on any atom is 0.267 e. The lowest BCUT2D eigenvalue weighted by Crippen LogP contribution is -2.41. The smallest absolute Gasteiger partial charge is 0.267 e. The molecule has 6 nitrogen and oxygen atoms in total. The van der Waals surface area contributed by atoms with Gasteiger partial charge in [-0.25, -0.2) is 4.98 Å². The van der Waals surface area contributed by atoms with Crippen LogP contribution >= 0.6 is 15.9 Å². The number of H-pyrrole nitrogens is 1. The lowest BCUT2D eigenvalue weighted by Gasteiger charge is -2.20. The molecule has 1 aromatic heterocycles. The SMILES string of the molecule is CC(C)(C)NC(=O)CCNc1nc[nH]c(=O)c1Br. The quantitative estimate of drug-likeness (QED) is 0.780. The van der Waals surface area contributed by atoms with E-state index >= 15 is 0 Å². The van der Waals surface area contributed by atoms with E-state index < -0.39 is 0 Å². The van der Waals surface area contributed by atoms with Crippen molar-refractivity contribution in [2.45, 2.75) is 32.7 Å². The van der Waals surface area contributed by atoms with Gasteiger partial charge in [0.15, 0.2) is 0 Å². The summed E-state index contributed by atoms with van der Waals surface area (Å²) in [4.78, 5) is 29.2. The first-order valence-corrected chi connectivity index (χ1v) is 6.37. The number of nitrogens with one attached hydrogen (secondary N) is 3. The molecule has 3 N–H and O–H groups in total. The Morgan fingerprint density at radius 3 is 2.78 bits per heavy atom. The first-order valence-electron chi connectivity index (χ1n) is 5.57. The fourth-order valence-electron chi connectivity index (χ4n) is 1.28. The second-order valence-corrected chi connectivity index (χ2v) is 5.66. The topological polar surface area (TPSA) is 86.9 Å². The number of halogens is 1. The number of rotatable bonds is 4. The van der Waals surface area contributed by atoms with Crippen LogP contribution < -0.4 is 16.2 Å². The standard InChI is InChI=1S/C11H17BrN4O2/c1-11(2,3)16-7(17)4-5-13-9-8(12)10(18)15-6-14-9/h6H,4-5H2,1-3H3,(H,16,17)(H2,13,14,15,18). The summed E-state index contributed by atoms with van der Waals surface area (Å²) in [6.07, 6.45) is 1.63. The van der Waals surface area contributed by atoms with E-state index in [2.05, 4.69) is 36.5 Å². The highest BCUT2D eigenvalue weighted by atomic mass is 79.9. The molecule has 0 saturated carbocycles. The van der Waals surface area contributed by atoms with Crippen LogP contribution in [0.15, 0.2) is 15.6 Å². The van der Waals surface area contributed by atoms with Crippen molar-refractivity contribution < 1.29 is 4.79 Å². The Balaban J connectivity index is 2.45. The van der Waals surface area contributed by atoms with Crippen molar-refractivity contribution in [2.75, 3.05) is 11.9 Å². The molecule has 0 saturated heterocycles. The van der Waals surface area contributed by atoms with Crippen molar-refractivity contribution in [1.29, 1.82) is 0 Å². The van der Waals surface area contributed by atoms with Gasteiger partial charge in [-0.2, -0.15) is 0 Å². The molecule has 0 aromatic carbocycles. The van der Waals surface area contributed by atoms with E-state index in [0.29, 0.717) is 23.3 Å². The van der Waals surface area contributed by atoms with Crippen LogP contribution in [0.3, 0.4) is 0 Å². The van der Waals surface area contributed by atoms with Gasteiger partial charge in [0, 0.05) is 18.5 Å². The molecule has 1 rings (SSSR count). The van der Waals surface area contributed by atoms with E-state index in [4.69, 9.17) is 0 Å². The molecule has 100 valence electrons. The summed E-state index contributed by atoms with van der Waals surface area (Å²) < 4.78 is 0.334. The van der Waals surface area contributed by atoms with Gasteiger partial charge < -0.3 is 15.6 Å². The number of carbonyl (C=O) groups excluding carboxylic acids is 1. The molecule has 0 aliphatic rings. The minimum absolute atomic E-state index is 0.0454. The molecule has 1 aromatic rings. The molecular formula is C11H17BrN4O2. The van der Waals surface area contributed by atoms with Crippen molar-refractivity contribution in [3.8, 4) is 0 Å². The van der Waals surface area contributed by atoms with Gasteiger partial charge in [0.2, 0.25) is 5.91 Å². The van der Waals surface area contributed by atoms with Crippen LogP contribution in [0.1, 0.15) is 27.2 Å². The molecule has 1 amide bonds. The summed E-state index contributed by atoms with van der Waals surface area (Å²) in [7, 11) is 0. The van der Waals surface area contributed by atoms with Crippen LogP contribution in [0.2, 0.25) is 0 Å². The molecule has 7 heteroatoms. The summed E-state index contributed by atoms with van der Waals surface area (Å²) in [5, 5.41) is 5.78. The number of anilines is 1. The van der Waals surface area contributed by atoms with Crippen LogP contribution in [-0.4, -0.2) is 28.0 Å². The highest BCUT2D eigenvalue weighted by molar-refractivity contribution is 9.10. The predicted octanol–water partition coefficient (Wildman–Crippen LogP) is 1.25. The Labute approximate surface area is 114 Å². The zero-order valence-electron chi connectivity index (χ0n) is 10.6. The summed E-state index contributed by atoms with van der Waals surface area (Å²) in [6, 6.07) is 0. The van der Waals surface area contributed by atoms with Gasteiger partial charge in [0.1, 0.15) is 10.3 Å². The number of hydrogen-bond donors (Lipinski definition) is 3. The van der Waals surface area contributed by atoms with Gasteiger partial charge in [0.25, 0.3) is 5.56 Å². The summed E-state index contributed by atoms with van der Waals surface area (Å²) in [5.41, 5.74) is -0.494.